The molecule has 7 heterocycles. The highest BCUT2D eigenvalue weighted by Crippen LogP contribution is 2.26. The number of aromatic nitrogens is 5. The Balaban J connectivity index is 0.641. The molecule has 0 aliphatic carbocycles. The molecule has 0 spiro atoms. The number of hydrogen-bond acceptors (Lipinski definition) is 15. The number of aryl methyl sites for hydroxylation is 3. The van der Waals surface area contributed by atoms with Crippen LogP contribution in [0.5, 0.6) is 28.7 Å². The summed E-state index contributed by atoms with van der Waals surface area (Å²) in [5, 5.41) is 8.70. The number of pyridine rings is 2. The predicted octanol–water partition coefficient (Wildman–Crippen LogP) is 10.9. The maximum Gasteiger partial charge on any atom is 0.342 e. The zero-order valence-corrected chi connectivity index (χ0v) is 51.7. The van der Waals surface area contributed by atoms with Gasteiger partial charge >= 0.3 is 5.97 Å². The number of carbonyl (C=O) groups is 1. The number of esters is 1. The molecule has 4 aliphatic heterocycles. The van der Waals surface area contributed by atoms with Gasteiger partial charge in [-0.1, -0.05) is 73.8 Å². The van der Waals surface area contributed by atoms with E-state index in [9.17, 15) is 4.79 Å². The molecule has 4 aliphatic rings. The second kappa shape index (κ2) is 39.4. The molecule has 3 aromatic heterocycles. The van der Waals surface area contributed by atoms with E-state index in [1.54, 1.807) is 18.2 Å². The zero-order chi connectivity index (χ0) is 60.9. The maximum atomic E-state index is 13.4. The van der Waals surface area contributed by atoms with Gasteiger partial charge in [-0.05, 0) is 117 Å². The molecule has 11 rings (SSSR count). The minimum atomic E-state index is -0.457. The van der Waals surface area contributed by atoms with E-state index in [2.05, 4.69) is 113 Å². The minimum Gasteiger partial charge on any atom is -0.491 e. The van der Waals surface area contributed by atoms with Gasteiger partial charge in [0.05, 0.1) is 92.1 Å². The van der Waals surface area contributed by atoms with E-state index < -0.39 is 5.97 Å². The number of hydrogen-bond donors (Lipinski definition) is 0. The van der Waals surface area contributed by atoms with Crippen molar-refractivity contribution in [3.05, 3.63) is 174 Å². The highest BCUT2D eigenvalue weighted by atomic mass is 16.6. The quantitative estimate of drug-likeness (QED) is 0.0357. The molecule has 4 aromatic carbocycles. The Morgan fingerprint density at radius 2 is 0.909 bits per heavy atom. The molecule has 0 saturated heterocycles. The number of unbranched alkanes of at least 4 members (excludes halogenated alkanes) is 9. The summed E-state index contributed by atoms with van der Waals surface area (Å²) in [5.74, 6) is 2.74. The number of benzene rings is 4. The Labute approximate surface area is 519 Å². The van der Waals surface area contributed by atoms with Gasteiger partial charge in [0.25, 0.3) is 0 Å². The normalized spacial score (nSPS) is 14.8. The standard InChI is InChI=1S/C70H91N5O13/c1-57-49-58(2)51-60(50-57)54-74-30-25-62(26-31-74)61-23-28-73(29-24-61)53-59-13-15-66(16-14-59)88-56-63-55-75(72-71-63)27-11-9-7-5-3-4-6-8-10-12-32-87-70(76)68-52-67-21-22-69(68)86-48-44-82-40-36-78-34-38-80-42-46-84-65-19-17-64(18-20-65)83-45-41-79-37-33-77-35-39-81-43-47-85-67/h13-26,28-31,49-52,55H,3-12,27,32-48,53-54,56H2,1-2H3/q+2. The van der Waals surface area contributed by atoms with Crippen molar-refractivity contribution in [2.45, 2.75) is 104 Å². The Hall–Kier alpha value is -7.45. The van der Waals surface area contributed by atoms with Crippen LogP contribution in [0, 0.1) is 13.8 Å². The average Bonchev–Trinajstić information content (AvgIpc) is 4.17. The fourth-order valence-electron chi connectivity index (χ4n) is 9.95. The first kappa shape index (κ1) is 66.5. The largest absolute Gasteiger partial charge is 0.491 e. The van der Waals surface area contributed by atoms with Gasteiger partial charge in [-0.25, -0.2) is 13.9 Å². The molecule has 0 atom stereocenters. The van der Waals surface area contributed by atoms with Crippen molar-refractivity contribution in [2.75, 3.05) is 112 Å². The van der Waals surface area contributed by atoms with E-state index >= 15 is 0 Å². The van der Waals surface area contributed by atoms with Crippen molar-refractivity contribution in [1.82, 2.24) is 15.0 Å². The van der Waals surface area contributed by atoms with Crippen LogP contribution in [0.3, 0.4) is 0 Å². The van der Waals surface area contributed by atoms with E-state index in [-0.39, 0.29) is 6.61 Å². The molecular weight excluding hydrogens is 1120 g/mol. The maximum absolute atomic E-state index is 13.4. The second-order valence-corrected chi connectivity index (χ2v) is 21.8. The van der Waals surface area contributed by atoms with Crippen LogP contribution in [-0.4, -0.2) is 133 Å². The number of carbonyl (C=O) groups excluding carboxylic acids is 1. The van der Waals surface area contributed by atoms with Crippen LogP contribution in [-0.2, 0) is 59.4 Å². The summed E-state index contributed by atoms with van der Waals surface area (Å²) in [6.45, 7) is 13.8. The smallest absolute Gasteiger partial charge is 0.342 e. The second-order valence-electron chi connectivity index (χ2n) is 21.8. The van der Waals surface area contributed by atoms with Gasteiger partial charge in [0.2, 0.25) is 0 Å². The van der Waals surface area contributed by atoms with Crippen molar-refractivity contribution in [1.29, 1.82) is 0 Å². The van der Waals surface area contributed by atoms with E-state index in [0.717, 1.165) is 81.1 Å². The van der Waals surface area contributed by atoms with Gasteiger partial charge in [-0.2, -0.15) is 0 Å². The van der Waals surface area contributed by atoms with Crippen LogP contribution in [0.4, 0.5) is 0 Å². The lowest BCUT2D eigenvalue weighted by Crippen LogP contribution is -2.33. The zero-order valence-electron chi connectivity index (χ0n) is 51.7. The Bertz CT molecular complexity index is 3010. The van der Waals surface area contributed by atoms with Crippen LogP contribution >= 0.6 is 0 Å². The minimum absolute atomic E-state index is 0.241. The number of nitrogens with zero attached hydrogens (tertiary/aromatic N) is 5. The first-order chi connectivity index (χ1) is 43.4. The summed E-state index contributed by atoms with van der Waals surface area (Å²) in [6, 6.07) is 36.3. The molecule has 4 bridgehead atoms. The first-order valence-corrected chi connectivity index (χ1v) is 31.4. The van der Waals surface area contributed by atoms with Crippen molar-refractivity contribution in [2.24, 2.45) is 0 Å². The Morgan fingerprint density at radius 1 is 0.466 bits per heavy atom. The lowest BCUT2D eigenvalue weighted by molar-refractivity contribution is -0.688. The fraction of sp³-hybridized carbons (Fsp3) is 0.471. The molecule has 18 nitrogen and oxygen atoms in total. The van der Waals surface area contributed by atoms with Gasteiger partial charge in [-0.15, -0.1) is 5.10 Å². The first-order valence-electron chi connectivity index (χ1n) is 31.4. The highest BCUT2D eigenvalue weighted by Gasteiger charge is 2.17. The summed E-state index contributed by atoms with van der Waals surface area (Å²) in [6.07, 6.45) is 21.7. The average molecular weight is 1210 g/mol. The Kier molecular flexibility index (Phi) is 29.8. The van der Waals surface area contributed by atoms with Gasteiger partial charge in [0, 0.05) is 41.9 Å². The Morgan fingerprint density at radius 3 is 1.43 bits per heavy atom. The molecule has 472 valence electrons. The predicted molar refractivity (Wildman–Crippen MR) is 333 cm³/mol. The summed E-state index contributed by atoms with van der Waals surface area (Å²) in [4.78, 5) is 13.4. The van der Waals surface area contributed by atoms with E-state index in [0.29, 0.717) is 129 Å². The third-order valence-electron chi connectivity index (χ3n) is 14.5. The monoisotopic (exact) mass is 1210 g/mol. The van der Waals surface area contributed by atoms with E-state index in [1.165, 1.54) is 59.1 Å². The van der Waals surface area contributed by atoms with Crippen LogP contribution < -0.4 is 32.8 Å². The molecule has 0 saturated carbocycles. The highest BCUT2D eigenvalue weighted by molar-refractivity contribution is 5.93. The molecule has 0 N–H and O–H groups in total. The van der Waals surface area contributed by atoms with Crippen LogP contribution in [0.1, 0.15) is 103 Å². The lowest BCUT2D eigenvalue weighted by atomic mass is 10.1. The molecular formula is C70H91N5O13+2. The molecule has 7 aromatic rings. The van der Waals surface area contributed by atoms with Crippen molar-refractivity contribution < 1.29 is 70.8 Å². The molecule has 18 heteroatoms. The van der Waals surface area contributed by atoms with Gasteiger partial charge in [0.15, 0.2) is 37.9 Å². The third kappa shape index (κ3) is 25.7. The van der Waals surface area contributed by atoms with Crippen molar-refractivity contribution in [3.63, 3.8) is 0 Å². The molecule has 0 unspecified atom stereocenters. The van der Waals surface area contributed by atoms with E-state index in [1.807, 2.05) is 47.3 Å². The van der Waals surface area contributed by atoms with Crippen LogP contribution in [0.25, 0.3) is 11.1 Å². The summed E-state index contributed by atoms with van der Waals surface area (Å²) < 4.78 is 75.6. The van der Waals surface area contributed by atoms with Crippen molar-refractivity contribution >= 4 is 5.97 Å². The molecule has 0 fully saturated rings. The van der Waals surface area contributed by atoms with E-state index in [4.69, 9.17) is 56.8 Å². The van der Waals surface area contributed by atoms with Crippen LogP contribution in [0.2, 0.25) is 0 Å². The fourth-order valence-corrected chi connectivity index (χ4v) is 9.95. The lowest BCUT2D eigenvalue weighted by Gasteiger charge is -2.14. The summed E-state index contributed by atoms with van der Waals surface area (Å²) in [7, 11) is 0. The SMILES string of the molecule is Cc1cc(C)cc(C[n+]2ccc(-c3cc[n+](Cc4ccc(OCc5cn(CCCCCCCCCCCCOC(=O)c6cc7ccc6OCCOCCOCCOCCOc6ccc(cc6)OCCOCCOCCOCCO7)nn5)cc4)cc3)cc2)c1. The molecule has 0 amide bonds. The van der Waals surface area contributed by atoms with Gasteiger partial charge in [0.1, 0.15) is 73.0 Å². The summed E-state index contributed by atoms with van der Waals surface area (Å²) >= 11 is 0. The van der Waals surface area contributed by atoms with Gasteiger partial charge < -0.3 is 56.8 Å². The molecule has 88 heavy (non-hydrogen) atoms. The summed E-state index contributed by atoms with van der Waals surface area (Å²) in [5.41, 5.74) is 8.61. The van der Waals surface area contributed by atoms with Crippen molar-refractivity contribution in [3.8, 4) is 39.9 Å². The third-order valence-corrected chi connectivity index (χ3v) is 14.5. The topological polar surface area (TPSA) is 166 Å². The molecule has 0 radical (unpaired) electrons. The number of ether oxygens (including phenoxy) is 12. The number of rotatable bonds is 22. The van der Waals surface area contributed by atoms with Crippen LogP contribution in [0.15, 0.2) is 140 Å². The van der Waals surface area contributed by atoms with Gasteiger partial charge in [-0.3, -0.25) is 4.68 Å².